The molecule has 1 aromatic heterocycles. The van der Waals surface area contributed by atoms with Crippen LogP contribution in [0.2, 0.25) is 0 Å². The Balaban J connectivity index is 1.88. The van der Waals surface area contributed by atoms with Crippen LogP contribution in [0.5, 0.6) is 0 Å². The van der Waals surface area contributed by atoms with Gasteiger partial charge in [0.2, 0.25) is 11.0 Å². The van der Waals surface area contributed by atoms with Crippen LogP contribution in [0.3, 0.4) is 0 Å². The van der Waals surface area contributed by atoms with E-state index < -0.39 is 0 Å². The minimum atomic E-state index is 0.134. The molecule has 0 aliphatic heterocycles. The predicted octanol–water partition coefficient (Wildman–Crippen LogP) is 4.19. The lowest BCUT2D eigenvalue weighted by molar-refractivity contribution is -0.127. The summed E-state index contributed by atoms with van der Waals surface area (Å²) >= 11 is 2.92. The molecule has 2 aromatic rings. The molecular formula is C17H24N4OS2. The Bertz CT molecular complexity index is 660. The lowest BCUT2D eigenvalue weighted by Gasteiger charge is -2.15. The van der Waals surface area contributed by atoms with Crippen molar-refractivity contribution in [3.05, 3.63) is 29.8 Å². The topological polar surface area (TPSA) is 58.1 Å². The normalized spacial score (nSPS) is 10.6. The van der Waals surface area contributed by atoms with E-state index in [9.17, 15) is 4.79 Å². The van der Waals surface area contributed by atoms with Crippen LogP contribution in [0.1, 0.15) is 32.3 Å². The molecule has 0 saturated carbocycles. The quantitative estimate of drug-likeness (QED) is 0.676. The molecule has 1 heterocycles. The third-order valence-corrected chi connectivity index (χ3v) is 5.60. The summed E-state index contributed by atoms with van der Waals surface area (Å²) in [5.41, 5.74) is 2.30. The molecule has 0 saturated heterocycles. The predicted molar refractivity (Wildman–Crippen MR) is 102 cm³/mol. The van der Waals surface area contributed by atoms with Crippen molar-refractivity contribution in [2.45, 2.75) is 37.4 Å². The van der Waals surface area contributed by atoms with Gasteiger partial charge in [-0.05, 0) is 24.5 Å². The van der Waals surface area contributed by atoms with E-state index >= 15 is 0 Å². The van der Waals surface area contributed by atoms with E-state index in [0.29, 0.717) is 5.75 Å². The summed E-state index contributed by atoms with van der Waals surface area (Å²) in [5.74, 6) is 0.537. The fraction of sp³-hybridized carbons (Fsp3) is 0.471. The number of amides is 1. The monoisotopic (exact) mass is 364 g/mol. The summed E-state index contributed by atoms with van der Waals surface area (Å²) in [7, 11) is 1.85. The largest absolute Gasteiger partial charge is 0.345 e. The van der Waals surface area contributed by atoms with Crippen LogP contribution in [0, 0.1) is 0 Å². The lowest BCUT2D eigenvalue weighted by Crippen LogP contribution is -2.29. The number of nitrogens with one attached hydrogen (secondary N) is 1. The van der Waals surface area contributed by atoms with E-state index in [-0.39, 0.29) is 5.91 Å². The number of anilines is 2. The number of hydrogen-bond acceptors (Lipinski definition) is 6. The maximum absolute atomic E-state index is 12.0. The summed E-state index contributed by atoms with van der Waals surface area (Å²) in [6.07, 6.45) is 3.09. The highest BCUT2D eigenvalue weighted by Gasteiger charge is 2.12. The van der Waals surface area contributed by atoms with Crippen molar-refractivity contribution in [1.29, 1.82) is 0 Å². The average Bonchev–Trinajstić information content (AvgIpc) is 3.05. The third kappa shape index (κ3) is 5.49. The van der Waals surface area contributed by atoms with E-state index in [1.165, 1.54) is 28.7 Å². The highest BCUT2D eigenvalue weighted by atomic mass is 32.2. The fourth-order valence-corrected chi connectivity index (χ4v) is 3.84. The number of benzene rings is 1. The highest BCUT2D eigenvalue weighted by Crippen LogP contribution is 2.29. The zero-order valence-electron chi connectivity index (χ0n) is 14.4. The van der Waals surface area contributed by atoms with Crippen LogP contribution in [0.15, 0.2) is 28.6 Å². The molecule has 2 rings (SSSR count). The van der Waals surface area contributed by atoms with E-state index in [4.69, 9.17) is 0 Å². The standard InChI is InChI=1S/C17H24N4OS2/c1-4-6-11-21(3)15(22)12-23-17-20-19-16(24-17)18-14-10-8-7-9-13(14)5-2/h7-10H,4-6,11-12H2,1-3H3,(H,18,19). The maximum Gasteiger partial charge on any atom is 0.232 e. The minimum absolute atomic E-state index is 0.134. The summed E-state index contributed by atoms with van der Waals surface area (Å²) in [6.45, 7) is 5.06. The Labute approximate surface area is 151 Å². The summed E-state index contributed by atoms with van der Waals surface area (Å²) in [4.78, 5) is 13.8. The molecule has 0 aliphatic rings. The molecule has 0 bridgehead atoms. The SMILES string of the molecule is CCCCN(C)C(=O)CSc1nnc(Nc2ccccc2CC)s1. The van der Waals surface area contributed by atoms with Crippen LogP contribution in [0.25, 0.3) is 0 Å². The molecule has 1 amide bonds. The molecule has 0 unspecified atom stereocenters. The van der Waals surface area contributed by atoms with Gasteiger partial charge in [0, 0.05) is 19.3 Å². The Morgan fingerprint density at radius 3 is 2.83 bits per heavy atom. The van der Waals surface area contributed by atoms with Crippen LogP contribution in [-0.2, 0) is 11.2 Å². The number of hydrogen-bond donors (Lipinski definition) is 1. The number of nitrogens with zero attached hydrogens (tertiary/aromatic N) is 3. The van der Waals surface area contributed by atoms with Crippen molar-refractivity contribution in [3.63, 3.8) is 0 Å². The molecule has 0 atom stereocenters. The number of carbonyl (C=O) groups excluding carboxylic acids is 1. The van der Waals surface area contributed by atoms with Crippen molar-refractivity contribution >= 4 is 39.8 Å². The summed E-state index contributed by atoms with van der Waals surface area (Å²) in [5, 5.41) is 12.4. The molecule has 130 valence electrons. The second kappa shape index (κ2) is 9.64. The zero-order chi connectivity index (χ0) is 17.4. The molecule has 5 nitrogen and oxygen atoms in total. The van der Waals surface area contributed by atoms with Gasteiger partial charge in [-0.1, -0.05) is 61.6 Å². The van der Waals surface area contributed by atoms with Gasteiger partial charge in [-0.2, -0.15) is 0 Å². The third-order valence-electron chi connectivity index (χ3n) is 3.64. The van der Waals surface area contributed by atoms with Gasteiger partial charge in [0.1, 0.15) is 0 Å². The Morgan fingerprint density at radius 2 is 2.08 bits per heavy atom. The average molecular weight is 365 g/mol. The number of carbonyl (C=O) groups is 1. The molecule has 1 N–H and O–H groups in total. The second-order valence-electron chi connectivity index (χ2n) is 5.47. The first-order valence-electron chi connectivity index (χ1n) is 8.19. The van der Waals surface area contributed by atoms with Crippen LogP contribution < -0.4 is 5.32 Å². The molecule has 0 spiro atoms. The first-order valence-corrected chi connectivity index (χ1v) is 9.99. The first kappa shape index (κ1) is 18.7. The number of thioether (sulfide) groups is 1. The van der Waals surface area contributed by atoms with Crippen LogP contribution in [-0.4, -0.2) is 40.3 Å². The molecule has 0 radical (unpaired) electrons. The Morgan fingerprint density at radius 1 is 1.29 bits per heavy atom. The van der Waals surface area contributed by atoms with Crippen molar-refractivity contribution in [2.75, 3.05) is 24.7 Å². The first-order chi connectivity index (χ1) is 11.6. The fourth-order valence-electron chi connectivity index (χ4n) is 2.14. The van der Waals surface area contributed by atoms with Gasteiger partial charge in [0.25, 0.3) is 0 Å². The van der Waals surface area contributed by atoms with Gasteiger partial charge in [-0.25, -0.2) is 0 Å². The molecule has 24 heavy (non-hydrogen) atoms. The number of aryl methyl sites for hydroxylation is 1. The molecule has 0 aliphatic carbocycles. The Kier molecular flexibility index (Phi) is 7.52. The van der Waals surface area contributed by atoms with Gasteiger partial charge in [0.15, 0.2) is 4.34 Å². The molecular weight excluding hydrogens is 340 g/mol. The van der Waals surface area contributed by atoms with Gasteiger partial charge in [-0.3, -0.25) is 4.79 Å². The van der Waals surface area contributed by atoms with Gasteiger partial charge in [0.05, 0.1) is 5.75 Å². The number of para-hydroxylation sites is 1. The van der Waals surface area contributed by atoms with Crippen molar-refractivity contribution in [3.8, 4) is 0 Å². The van der Waals surface area contributed by atoms with E-state index in [1.807, 2.05) is 25.2 Å². The smallest absolute Gasteiger partial charge is 0.232 e. The minimum Gasteiger partial charge on any atom is -0.345 e. The van der Waals surface area contributed by atoms with Crippen molar-refractivity contribution in [1.82, 2.24) is 15.1 Å². The van der Waals surface area contributed by atoms with E-state index in [0.717, 1.165) is 41.0 Å². The zero-order valence-corrected chi connectivity index (χ0v) is 16.0. The lowest BCUT2D eigenvalue weighted by atomic mass is 10.1. The van der Waals surface area contributed by atoms with E-state index in [2.05, 4.69) is 35.4 Å². The number of aromatic nitrogens is 2. The Hall–Kier alpha value is -1.60. The van der Waals surface area contributed by atoms with E-state index in [1.54, 1.807) is 4.90 Å². The van der Waals surface area contributed by atoms with Crippen molar-refractivity contribution < 1.29 is 4.79 Å². The molecule has 0 fully saturated rings. The molecule has 1 aromatic carbocycles. The van der Waals surface area contributed by atoms with Gasteiger partial charge < -0.3 is 10.2 Å². The molecule has 7 heteroatoms. The second-order valence-corrected chi connectivity index (χ2v) is 7.67. The highest BCUT2D eigenvalue weighted by molar-refractivity contribution is 8.01. The number of unbranched alkanes of at least 4 members (excludes halogenated alkanes) is 1. The number of rotatable bonds is 9. The summed E-state index contributed by atoms with van der Waals surface area (Å²) < 4.78 is 0.809. The van der Waals surface area contributed by atoms with Gasteiger partial charge in [-0.15, -0.1) is 10.2 Å². The maximum atomic E-state index is 12.0. The summed E-state index contributed by atoms with van der Waals surface area (Å²) in [6, 6.07) is 8.18. The van der Waals surface area contributed by atoms with Gasteiger partial charge >= 0.3 is 0 Å². The van der Waals surface area contributed by atoms with Crippen LogP contribution in [0.4, 0.5) is 10.8 Å². The van der Waals surface area contributed by atoms with Crippen molar-refractivity contribution in [2.24, 2.45) is 0 Å². The van der Waals surface area contributed by atoms with Crippen LogP contribution >= 0.6 is 23.1 Å².